The predicted molar refractivity (Wildman–Crippen MR) is 101 cm³/mol. The van der Waals surface area contributed by atoms with Crippen LogP contribution in [0.25, 0.3) is 0 Å². The Morgan fingerprint density at radius 3 is 2.36 bits per heavy atom. The summed E-state index contributed by atoms with van der Waals surface area (Å²) in [6.07, 6.45) is 5.50. The zero-order chi connectivity index (χ0) is 17.8. The third-order valence-corrected chi connectivity index (χ3v) is 6.30. The molecule has 0 N–H and O–H groups in total. The number of carbonyl (C=O) groups excluding carboxylic acids is 1. The highest BCUT2D eigenvalue weighted by Gasteiger charge is 2.30. The molecule has 3 aliphatic heterocycles. The molecule has 5 nitrogen and oxygen atoms in total. The Bertz CT molecular complexity index is 427. The molecule has 3 fully saturated rings. The Labute approximate surface area is 153 Å². The smallest absolute Gasteiger partial charge is 0.225 e. The molecule has 1 amide bonds. The van der Waals surface area contributed by atoms with Gasteiger partial charge >= 0.3 is 0 Å². The predicted octanol–water partition coefficient (Wildman–Crippen LogP) is 2.07. The number of morpholine rings is 1. The topological polar surface area (TPSA) is 36.0 Å². The lowest BCUT2D eigenvalue weighted by Gasteiger charge is -2.43. The molecule has 0 unspecified atom stereocenters. The molecule has 1 atom stereocenters. The van der Waals surface area contributed by atoms with Gasteiger partial charge in [0, 0.05) is 31.6 Å². The minimum absolute atomic E-state index is 0.0850. The summed E-state index contributed by atoms with van der Waals surface area (Å²) in [4.78, 5) is 19.5. The molecule has 0 saturated carbocycles. The van der Waals surface area contributed by atoms with E-state index in [-0.39, 0.29) is 17.9 Å². The van der Waals surface area contributed by atoms with Gasteiger partial charge in [0.25, 0.3) is 0 Å². The first kappa shape index (κ1) is 19.1. The summed E-state index contributed by atoms with van der Waals surface area (Å²) in [6.45, 7) is 14.5. The summed E-state index contributed by atoms with van der Waals surface area (Å²) in [5, 5.41) is 0. The molecule has 3 saturated heterocycles. The van der Waals surface area contributed by atoms with Crippen molar-refractivity contribution in [3.05, 3.63) is 0 Å². The van der Waals surface area contributed by atoms with E-state index in [1.807, 2.05) is 18.7 Å². The Balaban J connectivity index is 1.40. The van der Waals surface area contributed by atoms with Gasteiger partial charge in [-0.05, 0) is 57.8 Å². The van der Waals surface area contributed by atoms with Crippen LogP contribution >= 0.6 is 0 Å². The lowest BCUT2D eigenvalue weighted by Crippen LogP contribution is -2.53. The van der Waals surface area contributed by atoms with E-state index in [9.17, 15) is 4.79 Å². The van der Waals surface area contributed by atoms with Crippen molar-refractivity contribution in [1.82, 2.24) is 14.7 Å². The van der Waals surface area contributed by atoms with E-state index < -0.39 is 0 Å². The van der Waals surface area contributed by atoms with E-state index in [2.05, 4.69) is 16.7 Å². The normalized spacial score (nSPS) is 28.6. The monoisotopic (exact) mass is 351 g/mol. The highest BCUT2D eigenvalue weighted by molar-refractivity contribution is 5.78. The maximum Gasteiger partial charge on any atom is 0.225 e. The number of nitrogens with zero attached hydrogens (tertiary/aromatic N) is 3. The molecule has 0 bridgehead atoms. The van der Waals surface area contributed by atoms with Gasteiger partial charge in [-0.15, -0.1) is 0 Å². The van der Waals surface area contributed by atoms with Crippen molar-refractivity contribution in [3.8, 4) is 0 Å². The summed E-state index contributed by atoms with van der Waals surface area (Å²) < 4.78 is 5.95. The van der Waals surface area contributed by atoms with Gasteiger partial charge in [0.2, 0.25) is 5.91 Å². The van der Waals surface area contributed by atoms with Gasteiger partial charge in [0.15, 0.2) is 0 Å². The van der Waals surface area contributed by atoms with Crippen LogP contribution in [0.2, 0.25) is 0 Å². The van der Waals surface area contributed by atoms with Crippen LogP contribution in [0.4, 0.5) is 0 Å². The van der Waals surface area contributed by atoms with Gasteiger partial charge in [0.1, 0.15) is 0 Å². The molecule has 0 aliphatic carbocycles. The first-order valence-corrected chi connectivity index (χ1v) is 10.4. The average Bonchev–Trinajstić information content (AvgIpc) is 2.62. The first-order valence-electron chi connectivity index (χ1n) is 10.4. The van der Waals surface area contributed by atoms with E-state index in [4.69, 9.17) is 4.74 Å². The maximum atomic E-state index is 12.2. The fourth-order valence-corrected chi connectivity index (χ4v) is 4.54. The summed E-state index contributed by atoms with van der Waals surface area (Å²) in [5.41, 5.74) is 0. The molecule has 3 heterocycles. The van der Waals surface area contributed by atoms with Crippen molar-refractivity contribution in [2.24, 2.45) is 11.8 Å². The zero-order valence-electron chi connectivity index (χ0n) is 16.5. The highest BCUT2D eigenvalue weighted by atomic mass is 16.5. The molecular weight excluding hydrogens is 314 g/mol. The van der Waals surface area contributed by atoms with Crippen molar-refractivity contribution in [1.29, 1.82) is 0 Å². The second kappa shape index (κ2) is 8.83. The molecule has 144 valence electrons. The fourth-order valence-electron chi connectivity index (χ4n) is 4.54. The Kier molecular flexibility index (Phi) is 6.75. The van der Waals surface area contributed by atoms with Crippen LogP contribution in [-0.4, -0.2) is 85.2 Å². The van der Waals surface area contributed by atoms with Crippen molar-refractivity contribution < 1.29 is 9.53 Å². The molecule has 0 aromatic heterocycles. The lowest BCUT2D eigenvalue weighted by atomic mass is 9.95. The van der Waals surface area contributed by atoms with Crippen molar-refractivity contribution in [2.75, 3.05) is 52.4 Å². The zero-order valence-corrected chi connectivity index (χ0v) is 16.5. The van der Waals surface area contributed by atoms with Crippen LogP contribution in [0.1, 0.15) is 46.5 Å². The average molecular weight is 352 g/mol. The van der Waals surface area contributed by atoms with Crippen molar-refractivity contribution >= 4 is 5.91 Å². The third-order valence-electron chi connectivity index (χ3n) is 6.30. The molecule has 3 aliphatic rings. The molecule has 0 radical (unpaired) electrons. The summed E-state index contributed by atoms with van der Waals surface area (Å²) >= 11 is 0. The summed E-state index contributed by atoms with van der Waals surface area (Å²) in [7, 11) is 0. The summed E-state index contributed by atoms with van der Waals surface area (Å²) in [6, 6.07) is 0.787. The number of hydrogen-bond donors (Lipinski definition) is 0. The van der Waals surface area contributed by atoms with Gasteiger partial charge in [-0.25, -0.2) is 0 Å². The number of likely N-dealkylation sites (tertiary alicyclic amines) is 2. The molecule has 5 heteroatoms. The van der Waals surface area contributed by atoms with Gasteiger partial charge in [0.05, 0.1) is 12.7 Å². The van der Waals surface area contributed by atoms with E-state index in [1.54, 1.807) is 0 Å². The van der Waals surface area contributed by atoms with Crippen LogP contribution in [0.3, 0.4) is 0 Å². The fraction of sp³-hybridized carbons (Fsp3) is 0.950. The Morgan fingerprint density at radius 1 is 1.04 bits per heavy atom. The number of amides is 1. The highest BCUT2D eigenvalue weighted by Crippen LogP contribution is 2.24. The minimum atomic E-state index is 0.0850. The quantitative estimate of drug-likeness (QED) is 0.777. The Hall–Kier alpha value is -0.650. The number of rotatable bonds is 4. The van der Waals surface area contributed by atoms with Crippen LogP contribution in [0.5, 0.6) is 0 Å². The SMILES string of the molecule is CC1CCN(C2CCN(C[C@@H]3CN(C(=O)C(C)C)CCO3)CC2)CC1. The lowest BCUT2D eigenvalue weighted by molar-refractivity contribution is -0.142. The second-order valence-corrected chi connectivity index (χ2v) is 8.68. The van der Waals surface area contributed by atoms with Gasteiger partial charge in [-0.3, -0.25) is 4.79 Å². The van der Waals surface area contributed by atoms with Gasteiger partial charge in [-0.1, -0.05) is 20.8 Å². The minimum Gasteiger partial charge on any atom is -0.373 e. The standard InChI is InChI=1S/C20H37N3O2/c1-16(2)20(24)23-12-13-25-19(15-23)14-21-8-6-18(7-9-21)22-10-4-17(3)5-11-22/h16-19H,4-15H2,1-3H3/t19-/m1/s1. The molecular formula is C20H37N3O2. The van der Waals surface area contributed by atoms with Crippen LogP contribution in [0, 0.1) is 11.8 Å². The number of carbonyl (C=O) groups is 1. The molecule has 0 aromatic rings. The van der Waals surface area contributed by atoms with Crippen molar-refractivity contribution in [2.45, 2.75) is 58.6 Å². The van der Waals surface area contributed by atoms with Crippen LogP contribution in [-0.2, 0) is 9.53 Å². The molecule has 25 heavy (non-hydrogen) atoms. The Morgan fingerprint density at radius 2 is 1.72 bits per heavy atom. The second-order valence-electron chi connectivity index (χ2n) is 8.68. The van der Waals surface area contributed by atoms with E-state index >= 15 is 0 Å². The largest absolute Gasteiger partial charge is 0.373 e. The van der Waals surface area contributed by atoms with E-state index in [1.165, 1.54) is 51.9 Å². The van der Waals surface area contributed by atoms with E-state index in [0.29, 0.717) is 6.61 Å². The van der Waals surface area contributed by atoms with Crippen LogP contribution < -0.4 is 0 Å². The van der Waals surface area contributed by atoms with Gasteiger partial charge in [-0.2, -0.15) is 0 Å². The maximum absolute atomic E-state index is 12.2. The first-order chi connectivity index (χ1) is 12.0. The number of ether oxygens (including phenoxy) is 1. The molecule has 3 rings (SSSR count). The van der Waals surface area contributed by atoms with Crippen molar-refractivity contribution in [3.63, 3.8) is 0 Å². The van der Waals surface area contributed by atoms with Gasteiger partial charge < -0.3 is 19.4 Å². The third kappa shape index (κ3) is 5.18. The number of piperidine rings is 2. The van der Waals surface area contributed by atoms with E-state index in [0.717, 1.165) is 31.6 Å². The molecule has 0 aromatic carbocycles. The number of hydrogen-bond acceptors (Lipinski definition) is 4. The van der Waals surface area contributed by atoms with Crippen LogP contribution in [0.15, 0.2) is 0 Å². The molecule has 0 spiro atoms. The summed E-state index contributed by atoms with van der Waals surface area (Å²) in [5.74, 6) is 1.27.